The van der Waals surface area contributed by atoms with Gasteiger partial charge < -0.3 is 14.8 Å². The zero-order valence-electron chi connectivity index (χ0n) is 10.1. The van der Waals surface area contributed by atoms with Crippen molar-refractivity contribution >= 4 is 0 Å². The molecule has 1 fully saturated rings. The normalized spacial score (nSPS) is 22.2. The van der Waals surface area contributed by atoms with Gasteiger partial charge in [0.05, 0.1) is 19.3 Å². The SMILES string of the molecule is CC(C)OCCOCCC1CCCCN1. The van der Waals surface area contributed by atoms with Crippen molar-refractivity contribution in [2.75, 3.05) is 26.4 Å². The van der Waals surface area contributed by atoms with Crippen LogP contribution in [0.1, 0.15) is 39.5 Å². The molecule has 1 unspecified atom stereocenters. The Morgan fingerprint density at radius 2 is 2.07 bits per heavy atom. The maximum atomic E-state index is 5.52. The van der Waals surface area contributed by atoms with Crippen molar-refractivity contribution in [3.05, 3.63) is 0 Å². The summed E-state index contributed by atoms with van der Waals surface area (Å²) in [4.78, 5) is 0. The molecule has 90 valence electrons. The summed E-state index contributed by atoms with van der Waals surface area (Å²) in [5.74, 6) is 0. The molecule has 1 N–H and O–H groups in total. The molecule has 1 rings (SSSR count). The zero-order valence-corrected chi connectivity index (χ0v) is 10.1. The highest BCUT2D eigenvalue weighted by atomic mass is 16.5. The van der Waals surface area contributed by atoms with Crippen molar-refractivity contribution in [2.24, 2.45) is 0 Å². The van der Waals surface area contributed by atoms with E-state index in [1.54, 1.807) is 0 Å². The van der Waals surface area contributed by atoms with Crippen LogP contribution in [0.5, 0.6) is 0 Å². The van der Waals surface area contributed by atoms with Crippen LogP contribution in [0, 0.1) is 0 Å². The predicted molar refractivity (Wildman–Crippen MR) is 62.2 cm³/mol. The van der Waals surface area contributed by atoms with Crippen LogP contribution in [0.25, 0.3) is 0 Å². The molecule has 1 aliphatic heterocycles. The first-order chi connectivity index (χ1) is 7.29. The Bertz CT molecular complexity index is 145. The van der Waals surface area contributed by atoms with Gasteiger partial charge in [0, 0.05) is 12.6 Å². The van der Waals surface area contributed by atoms with Crippen molar-refractivity contribution < 1.29 is 9.47 Å². The molecule has 0 radical (unpaired) electrons. The van der Waals surface area contributed by atoms with E-state index >= 15 is 0 Å². The van der Waals surface area contributed by atoms with Gasteiger partial charge in [-0.15, -0.1) is 0 Å². The molecule has 0 aromatic heterocycles. The third kappa shape index (κ3) is 6.88. The predicted octanol–water partition coefficient (Wildman–Crippen LogP) is 1.96. The molecule has 0 aliphatic carbocycles. The highest BCUT2D eigenvalue weighted by molar-refractivity contribution is 4.71. The van der Waals surface area contributed by atoms with Gasteiger partial charge in [-0.3, -0.25) is 0 Å². The van der Waals surface area contributed by atoms with Crippen molar-refractivity contribution in [2.45, 2.75) is 51.7 Å². The lowest BCUT2D eigenvalue weighted by Gasteiger charge is -2.23. The second-order valence-electron chi connectivity index (χ2n) is 4.47. The Hall–Kier alpha value is -0.120. The topological polar surface area (TPSA) is 30.5 Å². The molecule has 1 saturated heterocycles. The number of ether oxygens (including phenoxy) is 2. The first-order valence-electron chi connectivity index (χ1n) is 6.22. The van der Waals surface area contributed by atoms with E-state index in [9.17, 15) is 0 Å². The van der Waals surface area contributed by atoms with Crippen LogP contribution in [0.2, 0.25) is 0 Å². The number of hydrogen-bond donors (Lipinski definition) is 1. The highest BCUT2D eigenvalue weighted by Gasteiger charge is 2.11. The van der Waals surface area contributed by atoms with Crippen molar-refractivity contribution in [3.63, 3.8) is 0 Å². The quantitative estimate of drug-likeness (QED) is 0.659. The first-order valence-corrected chi connectivity index (χ1v) is 6.22. The van der Waals surface area contributed by atoms with Gasteiger partial charge in [0.15, 0.2) is 0 Å². The van der Waals surface area contributed by atoms with Gasteiger partial charge in [-0.1, -0.05) is 6.42 Å². The van der Waals surface area contributed by atoms with Gasteiger partial charge in [-0.25, -0.2) is 0 Å². The maximum absolute atomic E-state index is 5.52. The summed E-state index contributed by atoms with van der Waals surface area (Å²) in [5, 5.41) is 3.52. The second kappa shape index (κ2) is 8.08. The summed E-state index contributed by atoms with van der Waals surface area (Å²) < 4.78 is 10.9. The third-order valence-corrected chi connectivity index (χ3v) is 2.70. The maximum Gasteiger partial charge on any atom is 0.0703 e. The molecule has 0 aromatic rings. The summed E-state index contributed by atoms with van der Waals surface area (Å²) in [6.07, 6.45) is 5.47. The van der Waals surface area contributed by atoms with Gasteiger partial charge >= 0.3 is 0 Å². The van der Waals surface area contributed by atoms with E-state index in [1.807, 2.05) is 13.8 Å². The largest absolute Gasteiger partial charge is 0.379 e. The summed E-state index contributed by atoms with van der Waals surface area (Å²) >= 11 is 0. The van der Waals surface area contributed by atoms with Crippen LogP contribution in [0.15, 0.2) is 0 Å². The molecule has 1 aliphatic rings. The number of hydrogen-bond acceptors (Lipinski definition) is 3. The van der Waals surface area contributed by atoms with Crippen molar-refractivity contribution in [1.82, 2.24) is 5.32 Å². The first kappa shape index (κ1) is 12.9. The average Bonchev–Trinajstić information content (AvgIpc) is 2.24. The van der Waals surface area contributed by atoms with Crippen LogP contribution < -0.4 is 5.32 Å². The lowest BCUT2D eigenvalue weighted by Crippen LogP contribution is -2.34. The minimum Gasteiger partial charge on any atom is -0.379 e. The smallest absolute Gasteiger partial charge is 0.0703 e. The van der Waals surface area contributed by atoms with E-state index < -0.39 is 0 Å². The van der Waals surface area contributed by atoms with E-state index in [4.69, 9.17) is 9.47 Å². The van der Waals surface area contributed by atoms with E-state index in [0.717, 1.165) is 26.2 Å². The third-order valence-electron chi connectivity index (χ3n) is 2.70. The fourth-order valence-electron chi connectivity index (χ4n) is 1.84. The minimum absolute atomic E-state index is 0.314. The van der Waals surface area contributed by atoms with E-state index in [1.165, 1.54) is 25.8 Å². The molecular weight excluding hydrogens is 190 g/mol. The molecule has 1 atom stereocenters. The number of rotatable bonds is 7. The van der Waals surface area contributed by atoms with Crippen molar-refractivity contribution in [3.8, 4) is 0 Å². The zero-order chi connectivity index (χ0) is 10.9. The van der Waals surface area contributed by atoms with Gasteiger partial charge in [-0.05, 0) is 39.7 Å². The van der Waals surface area contributed by atoms with Gasteiger partial charge in [0.1, 0.15) is 0 Å². The Balaban J connectivity index is 1.83. The van der Waals surface area contributed by atoms with Crippen LogP contribution in [-0.2, 0) is 9.47 Å². The molecule has 0 saturated carbocycles. The molecule has 0 bridgehead atoms. The van der Waals surface area contributed by atoms with Crippen LogP contribution in [0.4, 0.5) is 0 Å². The summed E-state index contributed by atoms with van der Waals surface area (Å²) in [5.41, 5.74) is 0. The lowest BCUT2D eigenvalue weighted by molar-refractivity contribution is 0.0169. The van der Waals surface area contributed by atoms with Crippen LogP contribution in [-0.4, -0.2) is 38.5 Å². The lowest BCUT2D eigenvalue weighted by atomic mass is 10.0. The van der Waals surface area contributed by atoms with Gasteiger partial charge in [-0.2, -0.15) is 0 Å². The molecular formula is C12H25NO2. The Labute approximate surface area is 93.5 Å². The molecule has 1 heterocycles. The van der Waals surface area contributed by atoms with Gasteiger partial charge in [0.2, 0.25) is 0 Å². The molecule has 3 heteroatoms. The molecule has 0 amide bonds. The van der Waals surface area contributed by atoms with E-state index in [0.29, 0.717) is 12.1 Å². The molecule has 3 nitrogen and oxygen atoms in total. The van der Waals surface area contributed by atoms with E-state index in [-0.39, 0.29) is 0 Å². The molecule has 15 heavy (non-hydrogen) atoms. The Morgan fingerprint density at radius 1 is 1.20 bits per heavy atom. The summed E-state index contributed by atoms with van der Waals surface area (Å²) in [7, 11) is 0. The number of piperidine rings is 1. The minimum atomic E-state index is 0.314. The van der Waals surface area contributed by atoms with Crippen molar-refractivity contribution in [1.29, 1.82) is 0 Å². The Kier molecular flexibility index (Phi) is 6.98. The summed E-state index contributed by atoms with van der Waals surface area (Å²) in [6, 6.07) is 0.685. The molecule has 0 aromatic carbocycles. The standard InChI is InChI=1S/C12H25NO2/c1-11(2)15-10-9-14-8-6-12-5-3-4-7-13-12/h11-13H,3-10H2,1-2H3. The molecule has 0 spiro atoms. The fourth-order valence-corrected chi connectivity index (χ4v) is 1.84. The van der Waals surface area contributed by atoms with E-state index in [2.05, 4.69) is 5.32 Å². The monoisotopic (exact) mass is 215 g/mol. The fraction of sp³-hybridized carbons (Fsp3) is 1.00. The highest BCUT2D eigenvalue weighted by Crippen LogP contribution is 2.09. The van der Waals surface area contributed by atoms with Crippen LogP contribution >= 0.6 is 0 Å². The number of nitrogens with one attached hydrogen (secondary N) is 1. The summed E-state index contributed by atoms with van der Waals surface area (Å²) in [6.45, 7) is 7.58. The Morgan fingerprint density at radius 3 is 2.73 bits per heavy atom. The average molecular weight is 215 g/mol. The van der Waals surface area contributed by atoms with Gasteiger partial charge in [0.25, 0.3) is 0 Å². The van der Waals surface area contributed by atoms with Crippen LogP contribution in [0.3, 0.4) is 0 Å². The second-order valence-corrected chi connectivity index (χ2v) is 4.47.